The number of fused-ring (bicyclic) bond motifs is 1. The first-order valence-electron chi connectivity index (χ1n) is 9.49. The number of rotatable bonds is 10. The van der Waals surface area contributed by atoms with Crippen LogP contribution in [0.1, 0.15) is 76.8 Å². The number of nitrogens with one attached hydrogen (secondary N) is 1. The van der Waals surface area contributed by atoms with Crippen LogP contribution in [-0.2, 0) is 4.79 Å². The molecule has 2 aromatic carbocycles. The average molecular weight is 325 g/mol. The number of amides is 1. The highest BCUT2D eigenvalue weighted by Gasteiger charge is 2.11. The molecule has 2 heteroatoms. The zero-order valence-electron chi connectivity index (χ0n) is 15.2. The van der Waals surface area contributed by atoms with Gasteiger partial charge in [0.1, 0.15) is 0 Å². The maximum atomic E-state index is 12.2. The lowest BCUT2D eigenvalue weighted by Gasteiger charge is -2.16. The lowest BCUT2D eigenvalue weighted by Crippen LogP contribution is -2.26. The molecule has 2 nitrogen and oxygen atoms in total. The van der Waals surface area contributed by atoms with Gasteiger partial charge >= 0.3 is 0 Å². The fourth-order valence-corrected chi connectivity index (χ4v) is 3.26. The first-order valence-corrected chi connectivity index (χ1v) is 9.49. The van der Waals surface area contributed by atoms with Gasteiger partial charge in [0, 0.05) is 6.42 Å². The number of unbranched alkanes of at least 4 members (excludes halogenated alkanes) is 6. The van der Waals surface area contributed by atoms with Crippen molar-refractivity contribution >= 4 is 16.7 Å². The summed E-state index contributed by atoms with van der Waals surface area (Å²) in [6, 6.07) is 14.7. The summed E-state index contributed by atoms with van der Waals surface area (Å²) in [5.41, 5.74) is 1.20. The Kier molecular flexibility index (Phi) is 7.81. The molecule has 1 N–H and O–H groups in total. The van der Waals surface area contributed by atoms with E-state index in [1.807, 2.05) is 0 Å². The highest BCUT2D eigenvalue weighted by atomic mass is 16.1. The third kappa shape index (κ3) is 5.67. The molecule has 0 radical (unpaired) electrons. The van der Waals surface area contributed by atoms with Crippen LogP contribution in [0.4, 0.5) is 0 Å². The van der Waals surface area contributed by atoms with Crippen LogP contribution in [0.25, 0.3) is 10.8 Å². The van der Waals surface area contributed by atoms with Gasteiger partial charge in [0.2, 0.25) is 5.91 Å². The van der Waals surface area contributed by atoms with Gasteiger partial charge in [-0.3, -0.25) is 4.79 Å². The van der Waals surface area contributed by atoms with Crippen molar-refractivity contribution in [3.8, 4) is 0 Å². The maximum absolute atomic E-state index is 12.2. The Hall–Kier alpha value is -1.83. The molecular weight excluding hydrogens is 294 g/mol. The Morgan fingerprint density at radius 1 is 0.917 bits per heavy atom. The molecular formula is C22H31NO. The van der Waals surface area contributed by atoms with Crippen molar-refractivity contribution in [2.75, 3.05) is 0 Å². The minimum atomic E-state index is 0.0492. The maximum Gasteiger partial charge on any atom is 0.220 e. The van der Waals surface area contributed by atoms with Crippen LogP contribution in [-0.4, -0.2) is 5.91 Å². The molecule has 0 heterocycles. The second kappa shape index (κ2) is 10.1. The average Bonchev–Trinajstić information content (AvgIpc) is 2.60. The largest absolute Gasteiger partial charge is 0.350 e. The molecule has 1 atom stereocenters. The molecule has 2 rings (SSSR count). The summed E-state index contributed by atoms with van der Waals surface area (Å²) in [6.07, 6.45) is 9.33. The van der Waals surface area contributed by atoms with E-state index in [2.05, 4.69) is 61.6 Å². The van der Waals surface area contributed by atoms with Crippen molar-refractivity contribution in [3.63, 3.8) is 0 Å². The minimum absolute atomic E-state index is 0.0492. The lowest BCUT2D eigenvalue weighted by molar-refractivity contribution is -0.121. The van der Waals surface area contributed by atoms with Gasteiger partial charge in [0.15, 0.2) is 0 Å². The van der Waals surface area contributed by atoms with Gasteiger partial charge in [0.25, 0.3) is 0 Å². The molecule has 2 aromatic rings. The second-order valence-electron chi connectivity index (χ2n) is 6.73. The van der Waals surface area contributed by atoms with Gasteiger partial charge in [0.05, 0.1) is 6.04 Å². The van der Waals surface area contributed by atoms with E-state index in [1.54, 1.807) is 0 Å². The fraction of sp³-hybridized carbons (Fsp3) is 0.500. The molecule has 0 aromatic heterocycles. The van der Waals surface area contributed by atoms with Crippen molar-refractivity contribution in [2.45, 2.75) is 71.3 Å². The summed E-state index contributed by atoms with van der Waals surface area (Å²) >= 11 is 0. The van der Waals surface area contributed by atoms with E-state index in [4.69, 9.17) is 0 Å². The van der Waals surface area contributed by atoms with Gasteiger partial charge in [-0.25, -0.2) is 0 Å². The third-order valence-electron chi connectivity index (χ3n) is 4.67. The highest BCUT2D eigenvalue weighted by molar-refractivity contribution is 5.86. The number of hydrogen-bond donors (Lipinski definition) is 1. The zero-order valence-corrected chi connectivity index (χ0v) is 15.2. The van der Waals surface area contributed by atoms with Crippen LogP contribution in [0.2, 0.25) is 0 Å². The molecule has 0 fully saturated rings. The lowest BCUT2D eigenvalue weighted by atomic mass is 9.99. The van der Waals surface area contributed by atoms with Crippen LogP contribution in [0.5, 0.6) is 0 Å². The molecule has 0 aliphatic rings. The van der Waals surface area contributed by atoms with Gasteiger partial charge in [-0.05, 0) is 29.7 Å². The standard InChI is InChI=1S/C22H31NO/c1-3-4-5-6-7-8-9-17-22(24)23-18(2)20-16-12-14-19-13-10-11-15-21(19)20/h10-16,18H,3-9,17H2,1-2H3,(H,23,24). The fourth-order valence-electron chi connectivity index (χ4n) is 3.26. The van der Waals surface area contributed by atoms with E-state index in [-0.39, 0.29) is 11.9 Å². The van der Waals surface area contributed by atoms with Crippen LogP contribution in [0.3, 0.4) is 0 Å². The van der Waals surface area contributed by atoms with E-state index in [9.17, 15) is 4.79 Å². The van der Waals surface area contributed by atoms with Gasteiger partial charge < -0.3 is 5.32 Å². The Bertz CT molecular complexity index is 629. The summed E-state index contributed by atoms with van der Waals surface area (Å²) in [6.45, 7) is 4.31. The smallest absolute Gasteiger partial charge is 0.220 e. The first-order chi connectivity index (χ1) is 11.7. The molecule has 0 saturated carbocycles. The summed E-state index contributed by atoms with van der Waals surface area (Å²) in [4.78, 5) is 12.2. The number of hydrogen-bond acceptors (Lipinski definition) is 1. The number of carbonyl (C=O) groups is 1. The van der Waals surface area contributed by atoms with Crippen LogP contribution in [0, 0.1) is 0 Å². The minimum Gasteiger partial charge on any atom is -0.350 e. The number of benzene rings is 2. The van der Waals surface area contributed by atoms with Crippen molar-refractivity contribution in [1.82, 2.24) is 5.32 Å². The van der Waals surface area contributed by atoms with Gasteiger partial charge in [-0.15, -0.1) is 0 Å². The molecule has 0 spiro atoms. The highest BCUT2D eigenvalue weighted by Crippen LogP contribution is 2.24. The van der Waals surface area contributed by atoms with E-state index < -0.39 is 0 Å². The Labute approximate surface area is 146 Å². The normalized spacial score (nSPS) is 12.2. The monoisotopic (exact) mass is 325 g/mol. The van der Waals surface area contributed by atoms with Crippen molar-refractivity contribution < 1.29 is 4.79 Å². The van der Waals surface area contributed by atoms with E-state index in [0.29, 0.717) is 6.42 Å². The summed E-state index contributed by atoms with van der Waals surface area (Å²) in [7, 11) is 0. The summed E-state index contributed by atoms with van der Waals surface area (Å²) in [5, 5.41) is 5.61. The SMILES string of the molecule is CCCCCCCCCC(=O)NC(C)c1cccc2ccccc12. The molecule has 1 amide bonds. The van der Waals surface area contributed by atoms with Crippen molar-refractivity contribution in [2.24, 2.45) is 0 Å². The quantitative estimate of drug-likeness (QED) is 0.521. The topological polar surface area (TPSA) is 29.1 Å². The molecule has 0 aliphatic heterocycles. The molecule has 130 valence electrons. The van der Waals surface area contributed by atoms with E-state index in [0.717, 1.165) is 6.42 Å². The zero-order chi connectivity index (χ0) is 17.2. The van der Waals surface area contributed by atoms with Crippen LogP contribution >= 0.6 is 0 Å². The summed E-state index contributed by atoms with van der Waals surface area (Å²) < 4.78 is 0. The summed E-state index contributed by atoms with van der Waals surface area (Å²) in [5.74, 6) is 0.170. The second-order valence-corrected chi connectivity index (χ2v) is 6.73. The van der Waals surface area contributed by atoms with Gasteiger partial charge in [-0.2, -0.15) is 0 Å². The molecule has 0 bridgehead atoms. The Morgan fingerprint density at radius 3 is 2.38 bits per heavy atom. The first kappa shape index (κ1) is 18.5. The Balaban J connectivity index is 1.77. The van der Waals surface area contributed by atoms with E-state index >= 15 is 0 Å². The molecule has 24 heavy (non-hydrogen) atoms. The van der Waals surface area contributed by atoms with Crippen LogP contribution in [0.15, 0.2) is 42.5 Å². The molecule has 0 aliphatic carbocycles. The Morgan fingerprint density at radius 2 is 1.58 bits per heavy atom. The predicted octanol–water partition coefficient (Wildman–Crippen LogP) is 6.16. The number of carbonyl (C=O) groups excluding carboxylic acids is 1. The molecule has 1 unspecified atom stereocenters. The van der Waals surface area contributed by atoms with E-state index in [1.165, 1.54) is 54.9 Å². The third-order valence-corrected chi connectivity index (χ3v) is 4.67. The molecule has 0 saturated heterocycles. The van der Waals surface area contributed by atoms with Crippen molar-refractivity contribution in [1.29, 1.82) is 0 Å². The van der Waals surface area contributed by atoms with Crippen LogP contribution < -0.4 is 5.32 Å². The van der Waals surface area contributed by atoms with Gasteiger partial charge in [-0.1, -0.05) is 87.9 Å². The predicted molar refractivity (Wildman–Crippen MR) is 103 cm³/mol. The van der Waals surface area contributed by atoms with Crippen molar-refractivity contribution in [3.05, 3.63) is 48.0 Å².